The van der Waals surface area contributed by atoms with Crippen LogP contribution in [0.3, 0.4) is 0 Å². The topological polar surface area (TPSA) is 38.0 Å². The smallest absolute Gasteiger partial charge is 0.142 e. The maximum Gasteiger partial charge on any atom is 0.142 e. The van der Waals surface area contributed by atoms with Crippen LogP contribution in [-0.4, -0.2) is 0 Å². The van der Waals surface area contributed by atoms with Gasteiger partial charge < -0.3 is 0 Å². The van der Waals surface area contributed by atoms with Gasteiger partial charge in [-0.15, -0.1) is 12.3 Å². The molecule has 0 amide bonds. The zero-order chi connectivity index (χ0) is 12.1. The summed E-state index contributed by atoms with van der Waals surface area (Å²) in [5, 5.41) is -0.256. The lowest BCUT2D eigenvalue weighted by Crippen LogP contribution is -2.28. The standard InChI is InChI=1S/C11H11ClF2N2/c1-2-3-4-11(16-15)7-5-10(14)8(12)6-9(7)13/h1,5-6,11,16H,3-4,15H2. The van der Waals surface area contributed by atoms with Gasteiger partial charge in [-0.1, -0.05) is 11.6 Å². The van der Waals surface area contributed by atoms with Crippen molar-refractivity contribution in [3.63, 3.8) is 0 Å². The van der Waals surface area contributed by atoms with E-state index in [9.17, 15) is 8.78 Å². The maximum absolute atomic E-state index is 13.5. The summed E-state index contributed by atoms with van der Waals surface area (Å²) in [6.45, 7) is 0. The number of hydrogen-bond donors (Lipinski definition) is 2. The van der Waals surface area contributed by atoms with Crippen molar-refractivity contribution in [2.24, 2.45) is 5.84 Å². The highest BCUT2D eigenvalue weighted by atomic mass is 35.5. The first-order valence-corrected chi connectivity index (χ1v) is 5.02. The Morgan fingerprint density at radius 2 is 2.12 bits per heavy atom. The first-order chi connectivity index (χ1) is 7.60. The predicted molar refractivity (Wildman–Crippen MR) is 59.5 cm³/mol. The largest absolute Gasteiger partial charge is 0.271 e. The molecule has 0 radical (unpaired) electrons. The van der Waals surface area contributed by atoms with Crippen LogP contribution < -0.4 is 11.3 Å². The van der Waals surface area contributed by atoms with Gasteiger partial charge in [-0.05, 0) is 18.6 Å². The number of benzene rings is 1. The molecule has 0 saturated carbocycles. The van der Waals surface area contributed by atoms with E-state index in [4.69, 9.17) is 23.9 Å². The van der Waals surface area contributed by atoms with Gasteiger partial charge in [-0.2, -0.15) is 0 Å². The Labute approximate surface area is 97.7 Å². The Kier molecular flexibility index (Phi) is 4.69. The highest BCUT2D eigenvalue weighted by Crippen LogP contribution is 2.25. The van der Waals surface area contributed by atoms with Gasteiger partial charge in [0, 0.05) is 18.0 Å². The van der Waals surface area contributed by atoms with Crippen LogP contribution in [0.4, 0.5) is 8.78 Å². The molecule has 5 heteroatoms. The van der Waals surface area contributed by atoms with E-state index in [2.05, 4.69) is 11.3 Å². The summed E-state index contributed by atoms with van der Waals surface area (Å²) in [5.74, 6) is 6.39. The van der Waals surface area contributed by atoms with E-state index in [1.807, 2.05) is 0 Å². The first-order valence-electron chi connectivity index (χ1n) is 4.64. The van der Waals surface area contributed by atoms with E-state index >= 15 is 0 Å². The summed E-state index contributed by atoms with van der Waals surface area (Å²) in [4.78, 5) is 0. The van der Waals surface area contributed by atoms with E-state index < -0.39 is 17.7 Å². The molecule has 0 fully saturated rings. The fourth-order valence-corrected chi connectivity index (χ4v) is 1.51. The van der Waals surface area contributed by atoms with Crippen molar-refractivity contribution in [1.29, 1.82) is 0 Å². The summed E-state index contributed by atoms with van der Waals surface area (Å²) in [7, 11) is 0. The fraction of sp³-hybridized carbons (Fsp3) is 0.273. The molecular formula is C11H11ClF2N2. The van der Waals surface area contributed by atoms with Gasteiger partial charge in [0.05, 0.1) is 5.02 Å². The van der Waals surface area contributed by atoms with Gasteiger partial charge in [0.15, 0.2) is 0 Å². The lowest BCUT2D eigenvalue weighted by atomic mass is 10.0. The number of halogens is 3. The molecule has 0 aromatic heterocycles. The molecule has 1 atom stereocenters. The predicted octanol–water partition coefficient (Wildman–Crippen LogP) is 2.54. The van der Waals surface area contributed by atoms with Crippen LogP contribution in [0.5, 0.6) is 0 Å². The van der Waals surface area contributed by atoms with Crippen molar-refractivity contribution < 1.29 is 8.78 Å². The molecule has 1 rings (SSSR count). The van der Waals surface area contributed by atoms with Crippen molar-refractivity contribution in [3.05, 3.63) is 34.4 Å². The minimum Gasteiger partial charge on any atom is -0.271 e. The van der Waals surface area contributed by atoms with Crippen LogP contribution in [-0.2, 0) is 0 Å². The van der Waals surface area contributed by atoms with Crippen LogP contribution in [0.25, 0.3) is 0 Å². The average Bonchev–Trinajstić information content (AvgIpc) is 2.26. The summed E-state index contributed by atoms with van der Waals surface area (Å²) in [6.07, 6.45) is 5.93. The van der Waals surface area contributed by atoms with Crippen LogP contribution in [0.15, 0.2) is 12.1 Å². The monoisotopic (exact) mass is 244 g/mol. The van der Waals surface area contributed by atoms with Gasteiger partial charge in [0.25, 0.3) is 0 Å². The molecule has 0 aliphatic rings. The third-order valence-corrected chi connectivity index (χ3v) is 2.48. The Morgan fingerprint density at radius 3 is 2.69 bits per heavy atom. The normalized spacial score (nSPS) is 12.2. The van der Waals surface area contributed by atoms with E-state index in [1.165, 1.54) is 0 Å². The Bertz CT molecular complexity index is 415. The van der Waals surface area contributed by atoms with Crippen LogP contribution >= 0.6 is 11.6 Å². The Hall–Kier alpha value is -1.15. The van der Waals surface area contributed by atoms with Crippen LogP contribution in [0.1, 0.15) is 24.4 Å². The third kappa shape index (κ3) is 2.92. The van der Waals surface area contributed by atoms with E-state index in [1.54, 1.807) is 0 Å². The number of nitrogens with two attached hydrogens (primary N) is 1. The molecule has 16 heavy (non-hydrogen) atoms. The van der Waals surface area contributed by atoms with Gasteiger partial charge in [-0.25, -0.2) is 8.78 Å². The summed E-state index contributed by atoms with van der Waals surface area (Å²) >= 11 is 5.44. The molecule has 0 bridgehead atoms. The van der Waals surface area contributed by atoms with Gasteiger partial charge in [0.2, 0.25) is 0 Å². The average molecular weight is 245 g/mol. The molecule has 1 aromatic carbocycles. The van der Waals surface area contributed by atoms with Gasteiger partial charge in [0.1, 0.15) is 11.6 Å². The highest BCUT2D eigenvalue weighted by Gasteiger charge is 2.16. The molecule has 2 nitrogen and oxygen atoms in total. The molecule has 1 unspecified atom stereocenters. The van der Waals surface area contributed by atoms with Crippen molar-refractivity contribution in [1.82, 2.24) is 5.43 Å². The van der Waals surface area contributed by atoms with Crippen molar-refractivity contribution in [2.75, 3.05) is 0 Å². The quantitative estimate of drug-likeness (QED) is 0.370. The van der Waals surface area contributed by atoms with E-state index in [0.717, 1.165) is 12.1 Å². The molecule has 0 aliphatic heterocycles. The zero-order valence-corrected chi connectivity index (χ0v) is 9.19. The number of nitrogens with one attached hydrogen (secondary N) is 1. The first kappa shape index (κ1) is 12.9. The zero-order valence-electron chi connectivity index (χ0n) is 8.43. The molecule has 1 aromatic rings. The number of terminal acetylenes is 1. The second-order valence-corrected chi connectivity index (χ2v) is 3.66. The van der Waals surface area contributed by atoms with Crippen molar-refractivity contribution in [3.8, 4) is 12.3 Å². The minimum atomic E-state index is -0.681. The van der Waals surface area contributed by atoms with E-state index in [0.29, 0.717) is 12.8 Å². The maximum atomic E-state index is 13.5. The number of rotatable bonds is 4. The third-order valence-electron chi connectivity index (χ3n) is 2.19. The summed E-state index contributed by atoms with van der Waals surface area (Å²) in [6, 6.07) is 1.42. The van der Waals surface area contributed by atoms with Crippen molar-refractivity contribution in [2.45, 2.75) is 18.9 Å². The Balaban J connectivity index is 3.01. The summed E-state index contributed by atoms with van der Waals surface area (Å²) in [5.41, 5.74) is 2.52. The van der Waals surface area contributed by atoms with Crippen molar-refractivity contribution >= 4 is 11.6 Å². The Morgan fingerprint density at radius 1 is 1.44 bits per heavy atom. The molecule has 0 aliphatic carbocycles. The molecule has 0 heterocycles. The highest BCUT2D eigenvalue weighted by molar-refractivity contribution is 6.30. The van der Waals surface area contributed by atoms with Crippen LogP contribution in [0.2, 0.25) is 5.02 Å². The second-order valence-electron chi connectivity index (χ2n) is 3.25. The second kappa shape index (κ2) is 5.80. The lowest BCUT2D eigenvalue weighted by molar-refractivity contribution is 0.484. The minimum absolute atomic E-state index is 0.125. The molecule has 86 valence electrons. The van der Waals surface area contributed by atoms with Gasteiger partial charge in [-0.3, -0.25) is 11.3 Å². The molecule has 3 N–H and O–H groups in total. The molecular weight excluding hydrogens is 234 g/mol. The fourth-order valence-electron chi connectivity index (χ4n) is 1.36. The van der Waals surface area contributed by atoms with Gasteiger partial charge >= 0.3 is 0 Å². The molecule has 0 spiro atoms. The van der Waals surface area contributed by atoms with E-state index in [-0.39, 0.29) is 10.6 Å². The number of hydrazine groups is 1. The summed E-state index contributed by atoms with van der Waals surface area (Å²) < 4.78 is 26.7. The van der Waals surface area contributed by atoms with Crippen LogP contribution in [0, 0.1) is 24.0 Å². The lowest BCUT2D eigenvalue weighted by Gasteiger charge is -2.16. The number of hydrogen-bond acceptors (Lipinski definition) is 2. The molecule has 0 saturated heterocycles. The SMILES string of the molecule is C#CCCC(NN)c1cc(F)c(Cl)cc1F.